The van der Waals surface area contributed by atoms with Crippen LogP contribution in [-0.2, 0) is 19.1 Å². The average molecular weight is 496 g/mol. The Labute approximate surface area is 199 Å². The van der Waals surface area contributed by atoms with E-state index in [1.165, 1.54) is 73.7 Å². The summed E-state index contributed by atoms with van der Waals surface area (Å²) in [5, 5.41) is 14.9. The van der Waals surface area contributed by atoms with Gasteiger partial charge in [-0.1, -0.05) is 42.4 Å². The molecule has 1 aliphatic rings. The monoisotopic (exact) mass is 495 g/mol. The lowest BCUT2D eigenvalue weighted by molar-refractivity contribution is -0.149. The third-order valence-corrected chi connectivity index (χ3v) is 6.91. The molecule has 2 amide bonds. The van der Waals surface area contributed by atoms with E-state index in [0.717, 1.165) is 22.9 Å². The highest BCUT2D eigenvalue weighted by atomic mass is 32.2. The van der Waals surface area contributed by atoms with E-state index in [-0.39, 0.29) is 12.3 Å². The number of carbonyl (C=O) groups is 3. The van der Waals surface area contributed by atoms with Gasteiger partial charge in [0.15, 0.2) is 10.9 Å². The first-order valence-corrected chi connectivity index (χ1v) is 12.4. The molecule has 9 nitrogen and oxygen atoms in total. The fourth-order valence-electron chi connectivity index (χ4n) is 3.20. The fourth-order valence-corrected chi connectivity index (χ4v) is 4.83. The van der Waals surface area contributed by atoms with Crippen LogP contribution < -0.4 is 10.6 Å². The predicted molar refractivity (Wildman–Crippen MR) is 125 cm³/mol. The van der Waals surface area contributed by atoms with E-state index in [1.54, 1.807) is 0 Å². The van der Waals surface area contributed by atoms with Crippen molar-refractivity contribution in [2.75, 3.05) is 36.6 Å². The highest BCUT2D eigenvalue weighted by Gasteiger charge is 2.18. The zero-order valence-electron chi connectivity index (χ0n) is 18.2. The van der Waals surface area contributed by atoms with Crippen LogP contribution >= 0.6 is 23.1 Å². The molecule has 0 atom stereocenters. The van der Waals surface area contributed by atoms with Crippen molar-refractivity contribution in [3.05, 3.63) is 30.1 Å². The lowest BCUT2D eigenvalue weighted by Crippen LogP contribution is -2.37. The molecule has 1 aliphatic carbocycles. The maximum absolute atomic E-state index is 12.9. The molecular formula is C21H26FN5O4S2. The van der Waals surface area contributed by atoms with Gasteiger partial charge in [-0.05, 0) is 37.1 Å². The number of aromatic nitrogens is 2. The van der Waals surface area contributed by atoms with E-state index in [1.807, 2.05) is 0 Å². The Kier molecular flexibility index (Phi) is 9.43. The molecular weight excluding hydrogens is 469 g/mol. The Morgan fingerprint density at radius 2 is 1.91 bits per heavy atom. The number of nitrogens with zero attached hydrogens (tertiary/aromatic N) is 3. The second-order valence-electron chi connectivity index (χ2n) is 7.61. The van der Waals surface area contributed by atoms with Crippen molar-refractivity contribution in [3.63, 3.8) is 0 Å². The van der Waals surface area contributed by atoms with Crippen LogP contribution in [0.2, 0.25) is 0 Å². The number of anilines is 2. The van der Waals surface area contributed by atoms with Crippen LogP contribution in [0, 0.1) is 5.82 Å². The lowest BCUT2D eigenvalue weighted by atomic mass is 9.96. The molecule has 1 aromatic heterocycles. The van der Waals surface area contributed by atoms with Crippen molar-refractivity contribution in [1.29, 1.82) is 0 Å². The summed E-state index contributed by atoms with van der Waals surface area (Å²) >= 11 is 2.59. The molecule has 12 heteroatoms. The number of halogens is 1. The van der Waals surface area contributed by atoms with Gasteiger partial charge < -0.3 is 20.3 Å². The molecule has 1 saturated carbocycles. The Morgan fingerprint density at radius 3 is 2.64 bits per heavy atom. The molecule has 0 unspecified atom stereocenters. The number of hydrogen-bond acceptors (Lipinski definition) is 9. The molecule has 0 radical (unpaired) electrons. The number of nitrogens with one attached hydrogen (secondary N) is 2. The smallest absolute Gasteiger partial charge is 0.316 e. The summed E-state index contributed by atoms with van der Waals surface area (Å²) in [4.78, 5) is 37.3. The number of esters is 1. The number of benzene rings is 1. The Bertz CT molecular complexity index is 950. The molecule has 0 bridgehead atoms. The minimum Gasteiger partial charge on any atom is -0.455 e. The van der Waals surface area contributed by atoms with Gasteiger partial charge in [-0.2, -0.15) is 0 Å². The van der Waals surface area contributed by atoms with Crippen LogP contribution in [0.1, 0.15) is 32.1 Å². The molecule has 2 aromatic rings. The van der Waals surface area contributed by atoms with Crippen LogP contribution in [-0.4, -0.2) is 64.9 Å². The van der Waals surface area contributed by atoms with Gasteiger partial charge in [0.1, 0.15) is 5.82 Å². The predicted octanol–water partition coefficient (Wildman–Crippen LogP) is 3.15. The Hall–Kier alpha value is -2.73. The molecule has 33 heavy (non-hydrogen) atoms. The molecule has 1 aromatic carbocycles. The zero-order valence-corrected chi connectivity index (χ0v) is 19.8. The van der Waals surface area contributed by atoms with E-state index < -0.39 is 30.2 Å². The molecule has 1 fully saturated rings. The minimum atomic E-state index is -0.561. The van der Waals surface area contributed by atoms with Crippen LogP contribution in [0.25, 0.3) is 0 Å². The summed E-state index contributed by atoms with van der Waals surface area (Å²) in [5.41, 5.74) is 0.416. The van der Waals surface area contributed by atoms with Gasteiger partial charge >= 0.3 is 5.97 Å². The fraction of sp³-hybridized carbons (Fsp3) is 0.476. The number of ether oxygens (including phenoxy) is 1. The molecule has 3 rings (SSSR count). The van der Waals surface area contributed by atoms with Crippen molar-refractivity contribution in [3.8, 4) is 0 Å². The van der Waals surface area contributed by atoms with E-state index >= 15 is 0 Å². The third-order valence-electron chi connectivity index (χ3n) is 4.94. The molecule has 178 valence electrons. The van der Waals surface area contributed by atoms with Crippen LogP contribution in [0.15, 0.2) is 28.6 Å². The Balaban J connectivity index is 1.33. The third kappa shape index (κ3) is 8.61. The summed E-state index contributed by atoms with van der Waals surface area (Å²) < 4.78 is 18.6. The second kappa shape index (κ2) is 12.5. The lowest BCUT2D eigenvalue weighted by Gasteiger charge is -2.21. The topological polar surface area (TPSA) is 114 Å². The molecule has 0 aliphatic heterocycles. The first kappa shape index (κ1) is 24.9. The molecule has 1 heterocycles. The normalized spacial score (nSPS) is 13.9. The van der Waals surface area contributed by atoms with Gasteiger partial charge in [0, 0.05) is 18.8 Å². The van der Waals surface area contributed by atoms with Crippen LogP contribution in [0.3, 0.4) is 0 Å². The maximum atomic E-state index is 12.9. The van der Waals surface area contributed by atoms with Gasteiger partial charge in [-0.25, -0.2) is 4.39 Å². The van der Waals surface area contributed by atoms with Gasteiger partial charge in [-0.15, -0.1) is 10.2 Å². The van der Waals surface area contributed by atoms with E-state index in [2.05, 4.69) is 20.8 Å². The highest BCUT2D eigenvalue weighted by molar-refractivity contribution is 8.01. The number of likely N-dealkylation sites (N-methyl/N-ethyl adjacent to an activating group) is 1. The standard InChI is InChI=1S/C21H26FN5O4S2/c1-27(11-17(28)23-16-9-7-14(22)8-10-16)18(29)12-31-19(30)13-32-21-26-25-20(33-21)24-15-5-3-2-4-6-15/h7-10,15H,2-6,11-13H2,1H3,(H,23,28)(H,24,25). The average Bonchev–Trinajstić information content (AvgIpc) is 3.25. The number of amides is 2. The van der Waals surface area contributed by atoms with Crippen molar-refractivity contribution in [2.24, 2.45) is 0 Å². The largest absolute Gasteiger partial charge is 0.455 e. The van der Waals surface area contributed by atoms with Gasteiger partial charge in [0.05, 0.1) is 12.3 Å². The first-order valence-electron chi connectivity index (χ1n) is 10.6. The van der Waals surface area contributed by atoms with Gasteiger partial charge in [0.25, 0.3) is 5.91 Å². The SMILES string of the molecule is CN(CC(=O)Nc1ccc(F)cc1)C(=O)COC(=O)CSc1nnc(NC2CCCCC2)s1. The number of rotatable bonds is 10. The molecule has 0 saturated heterocycles. The van der Waals surface area contributed by atoms with Crippen LogP contribution in [0.5, 0.6) is 0 Å². The molecule has 0 spiro atoms. The van der Waals surface area contributed by atoms with Gasteiger partial charge in [-0.3, -0.25) is 14.4 Å². The highest BCUT2D eigenvalue weighted by Crippen LogP contribution is 2.28. The van der Waals surface area contributed by atoms with Crippen molar-refractivity contribution in [2.45, 2.75) is 42.5 Å². The van der Waals surface area contributed by atoms with Crippen molar-refractivity contribution < 1.29 is 23.5 Å². The van der Waals surface area contributed by atoms with Crippen molar-refractivity contribution in [1.82, 2.24) is 15.1 Å². The maximum Gasteiger partial charge on any atom is 0.316 e. The second-order valence-corrected chi connectivity index (χ2v) is 9.81. The van der Waals surface area contributed by atoms with Crippen LogP contribution in [0.4, 0.5) is 15.2 Å². The van der Waals surface area contributed by atoms with E-state index in [0.29, 0.717) is 16.1 Å². The first-order chi connectivity index (χ1) is 15.9. The van der Waals surface area contributed by atoms with Crippen molar-refractivity contribution >= 4 is 51.7 Å². The van der Waals surface area contributed by atoms with Gasteiger partial charge in [0.2, 0.25) is 11.0 Å². The number of thioether (sulfide) groups is 1. The van der Waals surface area contributed by atoms with E-state index in [9.17, 15) is 18.8 Å². The zero-order chi connectivity index (χ0) is 23.6. The Morgan fingerprint density at radius 1 is 1.18 bits per heavy atom. The summed E-state index contributed by atoms with van der Waals surface area (Å²) in [7, 11) is 1.43. The minimum absolute atomic E-state index is 0.000108. The quantitative estimate of drug-likeness (QED) is 0.382. The molecule has 2 N–H and O–H groups in total. The summed E-state index contributed by atoms with van der Waals surface area (Å²) in [6.07, 6.45) is 5.97. The summed E-state index contributed by atoms with van der Waals surface area (Å²) in [5.74, 6) is -1.94. The van der Waals surface area contributed by atoms with E-state index in [4.69, 9.17) is 4.74 Å². The number of hydrogen-bond donors (Lipinski definition) is 2. The summed E-state index contributed by atoms with van der Waals surface area (Å²) in [6, 6.07) is 5.70. The summed E-state index contributed by atoms with van der Waals surface area (Å²) in [6.45, 7) is -0.700. The number of carbonyl (C=O) groups excluding carboxylic acids is 3.